The highest BCUT2D eigenvalue weighted by Gasteiger charge is 2.22. The van der Waals surface area contributed by atoms with Crippen molar-refractivity contribution < 1.29 is 18.3 Å². The summed E-state index contributed by atoms with van der Waals surface area (Å²) in [6.45, 7) is 3.24. The number of nitrogens with one attached hydrogen (secondary N) is 3. The monoisotopic (exact) mass is 372 g/mol. The standard InChI is InChI=1S/C16H18F2N4O2.ClH/c1-9(8-24-14-3-2-10(17)6-12(14)18)20-16(23)15-11-7-19-5-4-13(11)21-22-15;/h2-3,6,9,19H,4-5,7-8H2,1H3,(H,20,23)(H,21,22);1H. The zero-order valence-electron chi connectivity index (χ0n) is 13.6. The molecule has 136 valence electrons. The summed E-state index contributed by atoms with van der Waals surface area (Å²) in [5, 5.41) is 12.9. The molecule has 0 bridgehead atoms. The number of fused-ring (bicyclic) bond motifs is 1. The molecule has 0 radical (unpaired) electrons. The lowest BCUT2D eigenvalue weighted by atomic mass is 10.1. The Morgan fingerprint density at radius 2 is 2.24 bits per heavy atom. The van der Waals surface area contributed by atoms with Crippen molar-refractivity contribution in [3.05, 3.63) is 46.8 Å². The van der Waals surface area contributed by atoms with Crippen LogP contribution in [0.5, 0.6) is 5.75 Å². The summed E-state index contributed by atoms with van der Waals surface area (Å²) in [6, 6.07) is 2.71. The number of rotatable bonds is 5. The molecule has 0 saturated heterocycles. The Labute approximate surface area is 149 Å². The van der Waals surface area contributed by atoms with Gasteiger partial charge in [0.2, 0.25) is 0 Å². The summed E-state index contributed by atoms with van der Waals surface area (Å²) in [7, 11) is 0. The molecule has 1 aromatic heterocycles. The second-order valence-electron chi connectivity index (χ2n) is 5.72. The highest BCUT2D eigenvalue weighted by atomic mass is 35.5. The summed E-state index contributed by atoms with van der Waals surface area (Å²) >= 11 is 0. The molecule has 1 unspecified atom stereocenters. The fourth-order valence-corrected chi connectivity index (χ4v) is 2.55. The average molecular weight is 373 g/mol. The Morgan fingerprint density at radius 1 is 1.44 bits per heavy atom. The van der Waals surface area contributed by atoms with Crippen molar-refractivity contribution >= 4 is 18.3 Å². The number of aromatic nitrogens is 2. The molecule has 3 rings (SSSR count). The lowest BCUT2D eigenvalue weighted by Crippen LogP contribution is -2.38. The molecule has 1 atom stereocenters. The van der Waals surface area contributed by atoms with Gasteiger partial charge in [-0.1, -0.05) is 0 Å². The largest absolute Gasteiger partial charge is 0.488 e. The highest BCUT2D eigenvalue weighted by Crippen LogP contribution is 2.18. The van der Waals surface area contributed by atoms with Gasteiger partial charge in [-0.3, -0.25) is 9.89 Å². The van der Waals surface area contributed by atoms with Crippen molar-refractivity contribution in [3.63, 3.8) is 0 Å². The van der Waals surface area contributed by atoms with E-state index in [1.54, 1.807) is 6.92 Å². The van der Waals surface area contributed by atoms with E-state index < -0.39 is 11.6 Å². The number of halogens is 3. The Morgan fingerprint density at radius 3 is 3.00 bits per heavy atom. The van der Waals surface area contributed by atoms with Crippen LogP contribution in [0, 0.1) is 11.6 Å². The van der Waals surface area contributed by atoms with Gasteiger partial charge in [0, 0.05) is 36.8 Å². The van der Waals surface area contributed by atoms with E-state index in [4.69, 9.17) is 4.74 Å². The summed E-state index contributed by atoms with van der Waals surface area (Å²) < 4.78 is 31.6. The molecule has 2 heterocycles. The lowest BCUT2D eigenvalue weighted by Gasteiger charge is -2.16. The van der Waals surface area contributed by atoms with Gasteiger partial charge in [-0.2, -0.15) is 5.10 Å². The second-order valence-corrected chi connectivity index (χ2v) is 5.72. The maximum absolute atomic E-state index is 13.5. The molecule has 1 aromatic carbocycles. The first-order chi connectivity index (χ1) is 11.5. The average Bonchev–Trinajstić information content (AvgIpc) is 2.98. The molecular formula is C16H19ClF2N4O2. The fourth-order valence-electron chi connectivity index (χ4n) is 2.55. The van der Waals surface area contributed by atoms with Crippen molar-refractivity contribution in [1.29, 1.82) is 0 Å². The van der Waals surface area contributed by atoms with Crippen LogP contribution in [0.2, 0.25) is 0 Å². The highest BCUT2D eigenvalue weighted by molar-refractivity contribution is 5.94. The number of aromatic amines is 1. The Hall–Kier alpha value is -2.19. The number of nitrogens with zero attached hydrogens (tertiary/aromatic N) is 1. The molecule has 2 aromatic rings. The van der Waals surface area contributed by atoms with Gasteiger partial charge in [-0.15, -0.1) is 12.4 Å². The van der Waals surface area contributed by atoms with Crippen LogP contribution in [0.25, 0.3) is 0 Å². The number of amides is 1. The summed E-state index contributed by atoms with van der Waals surface area (Å²) in [4.78, 5) is 12.3. The van der Waals surface area contributed by atoms with Crippen molar-refractivity contribution in [1.82, 2.24) is 20.8 Å². The van der Waals surface area contributed by atoms with Crippen LogP contribution in [0.1, 0.15) is 28.7 Å². The predicted octanol–water partition coefficient (Wildman–Crippen LogP) is 1.95. The number of benzene rings is 1. The topological polar surface area (TPSA) is 79.0 Å². The van der Waals surface area contributed by atoms with Crippen LogP contribution in [0.3, 0.4) is 0 Å². The molecule has 6 nitrogen and oxygen atoms in total. The predicted molar refractivity (Wildman–Crippen MR) is 90.0 cm³/mol. The van der Waals surface area contributed by atoms with E-state index in [1.807, 2.05) is 0 Å². The van der Waals surface area contributed by atoms with E-state index in [0.29, 0.717) is 12.2 Å². The molecule has 25 heavy (non-hydrogen) atoms. The van der Waals surface area contributed by atoms with Gasteiger partial charge in [-0.05, 0) is 19.1 Å². The van der Waals surface area contributed by atoms with Crippen LogP contribution >= 0.6 is 12.4 Å². The zero-order chi connectivity index (χ0) is 17.1. The van der Waals surface area contributed by atoms with Crippen LogP contribution in [-0.4, -0.2) is 35.3 Å². The minimum atomic E-state index is -0.777. The quantitative estimate of drug-likeness (QED) is 0.749. The third-order valence-corrected chi connectivity index (χ3v) is 3.78. The molecule has 0 aliphatic carbocycles. The van der Waals surface area contributed by atoms with Crippen molar-refractivity contribution in [3.8, 4) is 5.75 Å². The third-order valence-electron chi connectivity index (χ3n) is 3.78. The number of H-pyrrole nitrogens is 1. The molecule has 1 aliphatic rings. The second kappa shape index (κ2) is 8.26. The zero-order valence-corrected chi connectivity index (χ0v) is 14.4. The first-order valence-electron chi connectivity index (χ1n) is 7.70. The van der Waals surface area contributed by atoms with E-state index in [0.717, 1.165) is 36.4 Å². The van der Waals surface area contributed by atoms with E-state index in [2.05, 4.69) is 20.8 Å². The van der Waals surface area contributed by atoms with Crippen molar-refractivity contribution in [2.75, 3.05) is 13.2 Å². The van der Waals surface area contributed by atoms with Gasteiger partial charge in [0.05, 0.1) is 6.04 Å². The van der Waals surface area contributed by atoms with Crippen LogP contribution < -0.4 is 15.4 Å². The van der Waals surface area contributed by atoms with Gasteiger partial charge in [0.1, 0.15) is 12.4 Å². The van der Waals surface area contributed by atoms with E-state index in [9.17, 15) is 13.6 Å². The molecule has 1 aliphatic heterocycles. The fraction of sp³-hybridized carbons (Fsp3) is 0.375. The number of hydrogen-bond donors (Lipinski definition) is 3. The first kappa shape index (κ1) is 19.1. The molecular weight excluding hydrogens is 354 g/mol. The molecule has 1 amide bonds. The normalized spacial score (nSPS) is 14.2. The maximum Gasteiger partial charge on any atom is 0.272 e. The van der Waals surface area contributed by atoms with Gasteiger partial charge < -0.3 is 15.4 Å². The lowest BCUT2D eigenvalue weighted by molar-refractivity contribution is 0.0920. The van der Waals surface area contributed by atoms with Crippen LogP contribution in [0.4, 0.5) is 8.78 Å². The van der Waals surface area contributed by atoms with Crippen molar-refractivity contribution in [2.24, 2.45) is 0 Å². The van der Waals surface area contributed by atoms with Crippen LogP contribution in [0.15, 0.2) is 18.2 Å². The van der Waals surface area contributed by atoms with Gasteiger partial charge in [-0.25, -0.2) is 8.78 Å². The minimum absolute atomic E-state index is 0. The van der Waals surface area contributed by atoms with Crippen molar-refractivity contribution in [2.45, 2.75) is 25.9 Å². The van der Waals surface area contributed by atoms with E-state index >= 15 is 0 Å². The van der Waals surface area contributed by atoms with Gasteiger partial charge in [0.25, 0.3) is 5.91 Å². The first-order valence-corrected chi connectivity index (χ1v) is 7.70. The molecule has 9 heteroatoms. The Kier molecular flexibility index (Phi) is 6.33. The Balaban J connectivity index is 0.00000225. The molecule has 0 saturated carbocycles. The number of carbonyl (C=O) groups excluding carboxylic acids is 1. The third kappa shape index (κ3) is 4.46. The number of hydrogen-bond acceptors (Lipinski definition) is 4. The molecule has 0 spiro atoms. The summed E-state index contributed by atoms with van der Waals surface area (Å²) in [5.41, 5.74) is 2.20. The van der Waals surface area contributed by atoms with Gasteiger partial charge >= 0.3 is 0 Å². The number of carbonyl (C=O) groups is 1. The summed E-state index contributed by atoms with van der Waals surface area (Å²) in [6.07, 6.45) is 0.804. The smallest absolute Gasteiger partial charge is 0.272 e. The van der Waals surface area contributed by atoms with Gasteiger partial charge in [0.15, 0.2) is 17.3 Å². The SMILES string of the molecule is CC(COc1ccc(F)cc1F)NC(=O)c1n[nH]c2c1CNCC2.Cl. The summed E-state index contributed by atoms with van der Waals surface area (Å²) in [5.74, 6) is -1.81. The van der Waals surface area contributed by atoms with E-state index in [1.165, 1.54) is 6.07 Å². The minimum Gasteiger partial charge on any atom is -0.488 e. The molecule has 0 fully saturated rings. The van der Waals surface area contributed by atoms with Crippen LogP contribution in [-0.2, 0) is 13.0 Å². The molecule has 3 N–H and O–H groups in total. The maximum atomic E-state index is 13.5. The Bertz CT molecular complexity index is 754. The van der Waals surface area contributed by atoms with E-state index in [-0.39, 0.29) is 36.7 Å². The number of ether oxygens (including phenoxy) is 1.